The van der Waals surface area contributed by atoms with Gasteiger partial charge in [-0.05, 0) is 73.1 Å². The van der Waals surface area contributed by atoms with Crippen molar-refractivity contribution in [3.63, 3.8) is 0 Å². The Morgan fingerprint density at radius 3 is 2.50 bits per heavy atom. The van der Waals surface area contributed by atoms with Crippen molar-refractivity contribution < 1.29 is 4.74 Å². The zero-order valence-corrected chi connectivity index (χ0v) is 21.0. The van der Waals surface area contributed by atoms with Crippen LogP contribution >= 0.6 is 0 Å². The molecular weight excluding hydrogens is 418 g/mol. The van der Waals surface area contributed by atoms with E-state index in [1.807, 2.05) is 6.20 Å². The summed E-state index contributed by atoms with van der Waals surface area (Å²) >= 11 is 0. The van der Waals surface area contributed by atoms with Crippen LogP contribution in [0.5, 0.6) is 5.75 Å². The predicted octanol–water partition coefficient (Wildman–Crippen LogP) is 7.83. The van der Waals surface area contributed by atoms with E-state index in [0.29, 0.717) is 5.92 Å². The highest BCUT2D eigenvalue weighted by atomic mass is 16.5. The molecule has 0 radical (unpaired) electrons. The number of anilines is 1. The second-order valence-corrected chi connectivity index (χ2v) is 9.38. The molecule has 2 heterocycles. The molecule has 0 spiro atoms. The van der Waals surface area contributed by atoms with Crippen molar-refractivity contribution in [1.29, 1.82) is 0 Å². The van der Waals surface area contributed by atoms with E-state index in [1.165, 1.54) is 22.1 Å². The van der Waals surface area contributed by atoms with Crippen LogP contribution in [0.4, 0.5) is 5.82 Å². The standard InChI is InChI=1S/C30H37N3O/c1-5-7-15-31-30-29-27(26-14-9-21(3)17-28(26)33-30)19-24(20-32-29)22(4)18-23-10-12-25(13-11-23)34-16-8-6-2/h9-14,17,19-20,22H,5-8,15-16,18H2,1-4H3,(H,31,33). The van der Waals surface area contributed by atoms with Gasteiger partial charge in [0.05, 0.1) is 12.1 Å². The van der Waals surface area contributed by atoms with Crippen LogP contribution in [0.25, 0.3) is 21.8 Å². The largest absolute Gasteiger partial charge is 0.494 e. The smallest absolute Gasteiger partial charge is 0.153 e. The number of ether oxygens (including phenoxy) is 1. The van der Waals surface area contributed by atoms with Crippen molar-refractivity contribution in [2.24, 2.45) is 0 Å². The maximum absolute atomic E-state index is 5.81. The lowest BCUT2D eigenvalue weighted by molar-refractivity contribution is 0.309. The van der Waals surface area contributed by atoms with Gasteiger partial charge in [0.2, 0.25) is 0 Å². The Labute approximate surface area is 203 Å². The monoisotopic (exact) mass is 455 g/mol. The summed E-state index contributed by atoms with van der Waals surface area (Å²) in [5.74, 6) is 2.20. The van der Waals surface area contributed by atoms with Crippen LogP contribution in [0.1, 0.15) is 69.1 Å². The van der Waals surface area contributed by atoms with Gasteiger partial charge in [0, 0.05) is 23.5 Å². The second kappa shape index (κ2) is 11.3. The molecule has 0 aliphatic heterocycles. The van der Waals surface area contributed by atoms with E-state index in [2.05, 4.69) is 81.5 Å². The average Bonchev–Trinajstić information content (AvgIpc) is 2.85. The van der Waals surface area contributed by atoms with Crippen LogP contribution < -0.4 is 10.1 Å². The van der Waals surface area contributed by atoms with E-state index in [4.69, 9.17) is 14.7 Å². The molecule has 4 nitrogen and oxygen atoms in total. The Hall–Kier alpha value is -3.14. The zero-order chi connectivity index (χ0) is 23.9. The molecule has 4 aromatic rings. The fourth-order valence-corrected chi connectivity index (χ4v) is 4.31. The first kappa shape index (κ1) is 24.0. The van der Waals surface area contributed by atoms with Crippen LogP contribution in [0.15, 0.2) is 54.7 Å². The van der Waals surface area contributed by atoms with Gasteiger partial charge in [-0.15, -0.1) is 0 Å². The molecule has 2 aromatic carbocycles. The Morgan fingerprint density at radius 1 is 0.941 bits per heavy atom. The third-order valence-electron chi connectivity index (χ3n) is 6.43. The van der Waals surface area contributed by atoms with Gasteiger partial charge in [-0.1, -0.05) is 57.9 Å². The SMILES string of the molecule is CCCCNc1nc2cc(C)ccc2c2cc(C(C)Cc3ccc(OCCCC)cc3)cnc12. The molecule has 0 saturated carbocycles. The molecule has 1 N–H and O–H groups in total. The molecule has 34 heavy (non-hydrogen) atoms. The number of aromatic nitrogens is 2. The minimum Gasteiger partial charge on any atom is -0.494 e. The maximum Gasteiger partial charge on any atom is 0.153 e. The molecule has 4 rings (SSSR count). The summed E-state index contributed by atoms with van der Waals surface area (Å²) in [4.78, 5) is 9.83. The first-order valence-corrected chi connectivity index (χ1v) is 12.7. The van der Waals surface area contributed by atoms with Crippen LogP contribution in [-0.4, -0.2) is 23.1 Å². The van der Waals surface area contributed by atoms with Crippen LogP contribution in [0, 0.1) is 6.92 Å². The summed E-state index contributed by atoms with van der Waals surface area (Å²) in [7, 11) is 0. The molecule has 178 valence electrons. The van der Waals surface area contributed by atoms with Gasteiger partial charge in [-0.25, -0.2) is 4.98 Å². The third-order valence-corrected chi connectivity index (χ3v) is 6.43. The Balaban J connectivity index is 1.60. The minimum atomic E-state index is 0.355. The number of benzene rings is 2. The van der Waals surface area contributed by atoms with Crippen LogP contribution in [0.3, 0.4) is 0 Å². The van der Waals surface area contributed by atoms with E-state index in [0.717, 1.165) is 73.2 Å². The average molecular weight is 456 g/mol. The first-order chi connectivity index (χ1) is 16.6. The molecule has 0 aliphatic carbocycles. The Bertz CT molecular complexity index is 1230. The van der Waals surface area contributed by atoms with E-state index >= 15 is 0 Å². The number of hydrogen-bond acceptors (Lipinski definition) is 4. The molecule has 1 atom stereocenters. The highest BCUT2D eigenvalue weighted by molar-refractivity contribution is 6.08. The lowest BCUT2D eigenvalue weighted by atomic mass is 9.93. The van der Waals surface area contributed by atoms with Gasteiger partial charge < -0.3 is 10.1 Å². The fourth-order valence-electron chi connectivity index (χ4n) is 4.31. The van der Waals surface area contributed by atoms with Gasteiger partial charge in [0.1, 0.15) is 11.3 Å². The summed E-state index contributed by atoms with van der Waals surface area (Å²) in [5, 5.41) is 5.86. The third kappa shape index (κ3) is 5.67. The van der Waals surface area contributed by atoms with E-state index in [1.54, 1.807) is 0 Å². The van der Waals surface area contributed by atoms with Gasteiger partial charge in [-0.3, -0.25) is 4.98 Å². The van der Waals surface area contributed by atoms with Gasteiger partial charge in [-0.2, -0.15) is 0 Å². The molecule has 0 bridgehead atoms. The fraction of sp³-hybridized carbons (Fsp3) is 0.400. The van der Waals surface area contributed by atoms with E-state index in [9.17, 15) is 0 Å². The summed E-state index contributed by atoms with van der Waals surface area (Å²) in [6, 6.07) is 17.4. The van der Waals surface area contributed by atoms with Crippen molar-refractivity contribution in [3.8, 4) is 5.75 Å². The Kier molecular flexibility index (Phi) is 7.99. The molecule has 4 heteroatoms. The number of nitrogens with one attached hydrogen (secondary N) is 1. The molecule has 1 unspecified atom stereocenters. The van der Waals surface area contributed by atoms with Gasteiger partial charge in [0.25, 0.3) is 0 Å². The summed E-state index contributed by atoms with van der Waals surface area (Å²) in [6.45, 7) is 10.5. The van der Waals surface area contributed by atoms with Crippen LogP contribution in [0.2, 0.25) is 0 Å². The second-order valence-electron chi connectivity index (χ2n) is 9.38. The lowest BCUT2D eigenvalue weighted by Crippen LogP contribution is -2.06. The van der Waals surface area contributed by atoms with E-state index in [-0.39, 0.29) is 0 Å². The molecule has 2 aromatic heterocycles. The maximum atomic E-state index is 5.81. The van der Waals surface area contributed by atoms with Crippen molar-refractivity contribution >= 4 is 27.6 Å². The highest BCUT2D eigenvalue weighted by Gasteiger charge is 2.14. The summed E-state index contributed by atoms with van der Waals surface area (Å²) in [6.07, 6.45) is 7.50. The van der Waals surface area contributed by atoms with Gasteiger partial charge >= 0.3 is 0 Å². The van der Waals surface area contributed by atoms with Crippen molar-refractivity contribution in [2.75, 3.05) is 18.5 Å². The number of hydrogen-bond donors (Lipinski definition) is 1. The highest BCUT2D eigenvalue weighted by Crippen LogP contribution is 2.32. The number of fused-ring (bicyclic) bond motifs is 3. The van der Waals surface area contributed by atoms with Crippen molar-refractivity contribution in [2.45, 2.75) is 65.7 Å². The quantitative estimate of drug-likeness (QED) is 0.185. The number of pyridine rings is 2. The van der Waals surface area contributed by atoms with E-state index < -0.39 is 0 Å². The topological polar surface area (TPSA) is 47.0 Å². The van der Waals surface area contributed by atoms with Crippen molar-refractivity contribution in [3.05, 3.63) is 71.4 Å². The molecule has 0 amide bonds. The summed E-state index contributed by atoms with van der Waals surface area (Å²) < 4.78 is 5.81. The zero-order valence-electron chi connectivity index (χ0n) is 21.0. The normalized spacial score (nSPS) is 12.2. The molecule has 0 fully saturated rings. The number of nitrogens with zero attached hydrogens (tertiary/aromatic N) is 2. The predicted molar refractivity (Wildman–Crippen MR) is 144 cm³/mol. The molecule has 0 aliphatic rings. The molecule has 0 saturated heterocycles. The van der Waals surface area contributed by atoms with Crippen LogP contribution in [-0.2, 0) is 6.42 Å². The molecular formula is C30H37N3O. The number of rotatable bonds is 11. The van der Waals surface area contributed by atoms with Crippen molar-refractivity contribution in [1.82, 2.24) is 9.97 Å². The lowest BCUT2D eigenvalue weighted by Gasteiger charge is -2.16. The number of unbranched alkanes of at least 4 members (excludes halogenated alkanes) is 2. The first-order valence-electron chi connectivity index (χ1n) is 12.7. The van der Waals surface area contributed by atoms with Gasteiger partial charge in [0.15, 0.2) is 5.82 Å². The minimum absolute atomic E-state index is 0.355. The summed E-state index contributed by atoms with van der Waals surface area (Å²) in [5.41, 5.74) is 5.77. The number of aryl methyl sites for hydroxylation is 1. The Morgan fingerprint density at radius 2 is 1.74 bits per heavy atom.